The minimum Gasteiger partial charge on any atom is -0.334 e. The van der Waals surface area contributed by atoms with E-state index in [1.54, 1.807) is 0 Å². The molecule has 1 heterocycles. The van der Waals surface area contributed by atoms with Gasteiger partial charge in [0.1, 0.15) is 5.82 Å². The summed E-state index contributed by atoms with van der Waals surface area (Å²) in [5, 5.41) is 3.58. The molecule has 0 radical (unpaired) electrons. The Morgan fingerprint density at radius 1 is 1.26 bits per heavy atom. The smallest absolute Gasteiger partial charge is 0.122 e. The lowest BCUT2D eigenvalue weighted by molar-refractivity contribution is 0.497. The molecule has 0 spiro atoms. The van der Waals surface area contributed by atoms with Crippen LogP contribution in [0.3, 0.4) is 0 Å². The van der Waals surface area contributed by atoms with Crippen molar-refractivity contribution >= 4 is 15.9 Å². The molecule has 4 heteroatoms. The van der Waals surface area contributed by atoms with Crippen LogP contribution >= 0.6 is 15.9 Å². The summed E-state index contributed by atoms with van der Waals surface area (Å²) in [4.78, 5) is 4.39. The van der Waals surface area contributed by atoms with Gasteiger partial charge in [-0.25, -0.2) is 4.98 Å². The summed E-state index contributed by atoms with van der Waals surface area (Å²) in [7, 11) is 0. The molecule has 0 saturated carbocycles. The fourth-order valence-corrected chi connectivity index (χ4v) is 2.47. The fourth-order valence-electron chi connectivity index (χ4n) is 2.20. The lowest BCUT2D eigenvalue weighted by atomic mass is 10.0. The third-order valence-electron chi connectivity index (χ3n) is 3.33. The quantitative estimate of drug-likeness (QED) is 0.874. The first kappa shape index (κ1) is 14.3. The number of halogens is 1. The topological polar surface area (TPSA) is 29.9 Å². The third kappa shape index (κ3) is 3.67. The van der Waals surface area contributed by atoms with Crippen molar-refractivity contribution in [2.45, 2.75) is 39.4 Å². The van der Waals surface area contributed by atoms with Gasteiger partial charge in [-0.1, -0.05) is 35.0 Å². The predicted molar refractivity (Wildman–Crippen MR) is 81.9 cm³/mol. The van der Waals surface area contributed by atoms with Gasteiger partial charge < -0.3 is 9.88 Å². The van der Waals surface area contributed by atoms with Crippen LogP contribution in [-0.4, -0.2) is 9.55 Å². The zero-order chi connectivity index (χ0) is 13.7. The van der Waals surface area contributed by atoms with Crippen molar-refractivity contribution in [3.63, 3.8) is 0 Å². The molecule has 0 saturated heterocycles. The number of nitrogens with one attached hydrogen (secondary N) is 1. The van der Waals surface area contributed by atoms with Crippen LogP contribution in [0.5, 0.6) is 0 Å². The van der Waals surface area contributed by atoms with Gasteiger partial charge in [-0.3, -0.25) is 0 Å². The number of hydrogen-bond donors (Lipinski definition) is 1. The summed E-state index contributed by atoms with van der Waals surface area (Å²) < 4.78 is 3.29. The second-order valence-electron chi connectivity index (χ2n) is 4.52. The van der Waals surface area contributed by atoms with E-state index in [4.69, 9.17) is 0 Å². The first-order valence-electron chi connectivity index (χ1n) is 6.73. The van der Waals surface area contributed by atoms with Crippen molar-refractivity contribution in [3.05, 3.63) is 52.5 Å². The Bertz CT molecular complexity index is 504. The maximum absolute atomic E-state index is 4.39. The molecule has 0 aliphatic rings. The second-order valence-corrected chi connectivity index (χ2v) is 5.44. The van der Waals surface area contributed by atoms with Crippen molar-refractivity contribution in [2.24, 2.45) is 0 Å². The highest BCUT2D eigenvalue weighted by atomic mass is 79.9. The zero-order valence-corrected chi connectivity index (χ0v) is 13.0. The lowest BCUT2D eigenvalue weighted by Gasteiger charge is -2.17. The maximum atomic E-state index is 4.39. The van der Waals surface area contributed by atoms with Crippen LogP contribution < -0.4 is 5.32 Å². The average molecular weight is 322 g/mol. The minimum absolute atomic E-state index is 0.370. The molecule has 1 atom stereocenters. The van der Waals surface area contributed by atoms with E-state index in [9.17, 15) is 0 Å². The molecule has 102 valence electrons. The number of imidazole rings is 1. The fraction of sp³-hybridized carbons (Fsp3) is 0.400. The summed E-state index contributed by atoms with van der Waals surface area (Å²) in [6.45, 7) is 6.10. The van der Waals surface area contributed by atoms with Gasteiger partial charge in [0.15, 0.2) is 0 Å². The monoisotopic (exact) mass is 321 g/mol. The van der Waals surface area contributed by atoms with Gasteiger partial charge in [0.2, 0.25) is 0 Å². The van der Waals surface area contributed by atoms with E-state index in [0.29, 0.717) is 6.04 Å². The number of nitrogens with zero attached hydrogens (tertiary/aromatic N) is 2. The molecule has 0 aliphatic heterocycles. The Labute approximate surface area is 123 Å². The lowest BCUT2D eigenvalue weighted by Crippen LogP contribution is -2.22. The number of hydrogen-bond acceptors (Lipinski definition) is 2. The molecule has 1 aromatic heterocycles. The standard InChI is InChI=1S/C15H20BrN3/c1-3-14(12-5-7-13(16)8-6-12)18-11-15-17-9-10-19(15)4-2/h5-10,14,18H,3-4,11H2,1-2H3. The molecule has 0 fully saturated rings. The Morgan fingerprint density at radius 3 is 2.63 bits per heavy atom. The maximum Gasteiger partial charge on any atom is 0.122 e. The van der Waals surface area contributed by atoms with E-state index in [2.05, 4.69) is 68.9 Å². The van der Waals surface area contributed by atoms with Gasteiger partial charge in [-0.05, 0) is 31.0 Å². The van der Waals surface area contributed by atoms with E-state index < -0.39 is 0 Å². The molecule has 3 nitrogen and oxygen atoms in total. The summed E-state index contributed by atoms with van der Waals surface area (Å²) in [6.07, 6.45) is 4.95. The molecular formula is C15H20BrN3. The Hall–Kier alpha value is -1.13. The van der Waals surface area contributed by atoms with Crippen molar-refractivity contribution in [2.75, 3.05) is 0 Å². The Morgan fingerprint density at radius 2 is 2.00 bits per heavy atom. The van der Waals surface area contributed by atoms with Crippen LogP contribution in [0.1, 0.15) is 37.7 Å². The van der Waals surface area contributed by atoms with E-state index >= 15 is 0 Å². The van der Waals surface area contributed by atoms with Crippen molar-refractivity contribution < 1.29 is 0 Å². The minimum atomic E-state index is 0.370. The molecule has 0 aliphatic carbocycles. The molecule has 0 bridgehead atoms. The van der Waals surface area contributed by atoms with Gasteiger partial charge in [0, 0.05) is 29.5 Å². The van der Waals surface area contributed by atoms with E-state index in [0.717, 1.165) is 29.8 Å². The van der Waals surface area contributed by atoms with E-state index in [1.165, 1.54) is 5.56 Å². The number of aryl methyl sites for hydroxylation is 1. The summed E-state index contributed by atoms with van der Waals surface area (Å²) in [6, 6.07) is 8.88. The predicted octanol–water partition coefficient (Wildman–Crippen LogP) is 3.91. The van der Waals surface area contributed by atoms with Crippen LogP contribution in [0, 0.1) is 0 Å². The molecule has 1 N–H and O–H groups in total. The van der Waals surface area contributed by atoms with Crippen LogP contribution in [0.15, 0.2) is 41.1 Å². The molecule has 1 unspecified atom stereocenters. The van der Waals surface area contributed by atoms with Crippen molar-refractivity contribution in [1.29, 1.82) is 0 Å². The van der Waals surface area contributed by atoms with Crippen LogP contribution in [-0.2, 0) is 13.1 Å². The Kier molecular flexibility index (Phi) is 5.16. The molecule has 2 aromatic rings. The summed E-state index contributed by atoms with van der Waals surface area (Å²) in [5.41, 5.74) is 1.32. The van der Waals surface area contributed by atoms with Crippen LogP contribution in [0.2, 0.25) is 0 Å². The Balaban J connectivity index is 2.01. The van der Waals surface area contributed by atoms with Gasteiger partial charge in [0.05, 0.1) is 6.54 Å². The first-order valence-corrected chi connectivity index (χ1v) is 7.52. The highest BCUT2D eigenvalue weighted by Crippen LogP contribution is 2.19. The summed E-state index contributed by atoms with van der Waals surface area (Å²) in [5.74, 6) is 1.10. The number of aromatic nitrogens is 2. The zero-order valence-electron chi connectivity index (χ0n) is 11.4. The molecular weight excluding hydrogens is 302 g/mol. The SMILES string of the molecule is CCC(NCc1nccn1CC)c1ccc(Br)cc1. The number of rotatable bonds is 6. The van der Waals surface area contributed by atoms with Gasteiger partial charge >= 0.3 is 0 Å². The first-order chi connectivity index (χ1) is 9.24. The highest BCUT2D eigenvalue weighted by Gasteiger charge is 2.10. The third-order valence-corrected chi connectivity index (χ3v) is 3.86. The van der Waals surface area contributed by atoms with Crippen molar-refractivity contribution in [1.82, 2.24) is 14.9 Å². The second kappa shape index (κ2) is 6.87. The normalized spacial score (nSPS) is 12.6. The molecule has 1 aromatic carbocycles. The molecule has 0 amide bonds. The van der Waals surface area contributed by atoms with Crippen LogP contribution in [0.4, 0.5) is 0 Å². The van der Waals surface area contributed by atoms with E-state index in [-0.39, 0.29) is 0 Å². The van der Waals surface area contributed by atoms with E-state index in [1.807, 2.05) is 12.4 Å². The number of benzene rings is 1. The highest BCUT2D eigenvalue weighted by molar-refractivity contribution is 9.10. The molecule has 19 heavy (non-hydrogen) atoms. The van der Waals surface area contributed by atoms with Gasteiger partial charge in [-0.15, -0.1) is 0 Å². The van der Waals surface area contributed by atoms with Crippen LogP contribution in [0.25, 0.3) is 0 Å². The largest absolute Gasteiger partial charge is 0.334 e. The van der Waals surface area contributed by atoms with Gasteiger partial charge in [0.25, 0.3) is 0 Å². The average Bonchev–Trinajstić information content (AvgIpc) is 2.89. The van der Waals surface area contributed by atoms with Crippen molar-refractivity contribution in [3.8, 4) is 0 Å². The van der Waals surface area contributed by atoms with Gasteiger partial charge in [-0.2, -0.15) is 0 Å². The molecule has 2 rings (SSSR count). The summed E-state index contributed by atoms with van der Waals surface area (Å²) >= 11 is 3.47.